The van der Waals surface area contributed by atoms with Gasteiger partial charge < -0.3 is 9.63 Å². The molecule has 4 rings (SSSR count). The zero-order chi connectivity index (χ0) is 16.8. The van der Waals surface area contributed by atoms with E-state index in [9.17, 15) is 13.5 Å². The summed E-state index contributed by atoms with van der Waals surface area (Å²) in [6, 6.07) is 9.02. The summed E-state index contributed by atoms with van der Waals surface area (Å²) in [5.74, 6) is 0.984. The minimum Gasteiger partial charge on any atom is -0.379 e. The van der Waals surface area contributed by atoms with Gasteiger partial charge in [-0.05, 0) is 18.4 Å². The van der Waals surface area contributed by atoms with E-state index in [0.29, 0.717) is 11.7 Å². The van der Waals surface area contributed by atoms with Crippen LogP contribution in [0.3, 0.4) is 0 Å². The molecular formula is C16H19N3O4S. The predicted octanol–water partition coefficient (Wildman–Crippen LogP) is 1.37. The molecule has 2 fully saturated rings. The molecule has 1 aromatic heterocycles. The van der Waals surface area contributed by atoms with Crippen molar-refractivity contribution in [3.05, 3.63) is 47.6 Å². The van der Waals surface area contributed by atoms with Gasteiger partial charge >= 0.3 is 0 Å². The molecule has 0 radical (unpaired) electrons. The van der Waals surface area contributed by atoms with E-state index in [2.05, 4.69) is 10.1 Å². The lowest BCUT2D eigenvalue weighted by Crippen LogP contribution is -2.35. The van der Waals surface area contributed by atoms with E-state index < -0.39 is 15.6 Å². The third-order valence-corrected chi connectivity index (χ3v) is 6.38. The van der Waals surface area contributed by atoms with Crippen LogP contribution in [0.4, 0.5) is 0 Å². The molecule has 1 aliphatic carbocycles. The lowest BCUT2D eigenvalue weighted by Gasteiger charge is -2.19. The van der Waals surface area contributed by atoms with Gasteiger partial charge in [0.1, 0.15) is 0 Å². The Morgan fingerprint density at radius 2 is 2.04 bits per heavy atom. The highest BCUT2D eigenvalue weighted by Gasteiger charge is 2.46. The highest BCUT2D eigenvalue weighted by Crippen LogP contribution is 2.40. The Morgan fingerprint density at radius 1 is 1.29 bits per heavy atom. The molecule has 0 bridgehead atoms. The predicted molar refractivity (Wildman–Crippen MR) is 85.4 cm³/mol. The number of aromatic nitrogens is 2. The summed E-state index contributed by atoms with van der Waals surface area (Å²) < 4.78 is 31.7. The van der Waals surface area contributed by atoms with E-state index in [1.54, 1.807) is 12.1 Å². The van der Waals surface area contributed by atoms with Gasteiger partial charge in [-0.2, -0.15) is 9.29 Å². The van der Waals surface area contributed by atoms with Gasteiger partial charge in [-0.25, -0.2) is 8.42 Å². The second-order valence-electron chi connectivity index (χ2n) is 6.59. The number of β-amino-alcohol motifs (C(OH)–C–C–N with tert-alkyl or cyclic N) is 1. The topological polar surface area (TPSA) is 96.5 Å². The number of rotatable bonds is 5. The van der Waals surface area contributed by atoms with Crippen LogP contribution in [0.15, 0.2) is 34.9 Å². The molecular weight excluding hydrogens is 330 g/mol. The second-order valence-corrected chi connectivity index (χ2v) is 8.56. The molecule has 2 aliphatic rings. The summed E-state index contributed by atoms with van der Waals surface area (Å²) in [5, 5.41) is 14.7. The largest absolute Gasteiger partial charge is 0.379 e. The van der Waals surface area contributed by atoms with E-state index in [-0.39, 0.29) is 31.2 Å². The molecule has 128 valence electrons. The van der Waals surface area contributed by atoms with Gasteiger partial charge in [-0.3, -0.25) is 0 Å². The Labute approximate surface area is 140 Å². The molecule has 1 N–H and O–H groups in total. The fraction of sp³-hybridized carbons (Fsp3) is 0.500. The van der Waals surface area contributed by atoms with E-state index in [1.165, 1.54) is 4.31 Å². The maximum Gasteiger partial charge on any atom is 0.260 e. The third kappa shape index (κ3) is 2.97. The van der Waals surface area contributed by atoms with Crippen LogP contribution in [0.25, 0.3) is 0 Å². The highest BCUT2D eigenvalue weighted by atomic mass is 32.2. The third-order valence-electron chi connectivity index (χ3n) is 4.58. The van der Waals surface area contributed by atoms with Crippen molar-refractivity contribution in [2.45, 2.75) is 36.5 Å². The summed E-state index contributed by atoms with van der Waals surface area (Å²) in [6.45, 7) is 0.196. The van der Waals surface area contributed by atoms with Crippen LogP contribution in [-0.2, 0) is 21.4 Å². The summed E-state index contributed by atoms with van der Waals surface area (Å²) >= 11 is 0. The maximum absolute atomic E-state index is 12.6. The minimum atomic E-state index is -3.51. The van der Waals surface area contributed by atoms with Crippen LogP contribution in [0.1, 0.15) is 42.5 Å². The van der Waals surface area contributed by atoms with Crippen LogP contribution < -0.4 is 0 Å². The number of aliphatic hydroxyl groups is 1. The van der Waals surface area contributed by atoms with E-state index in [0.717, 1.165) is 18.4 Å². The molecule has 2 aromatic rings. The van der Waals surface area contributed by atoms with E-state index in [1.807, 2.05) is 18.2 Å². The lowest BCUT2D eigenvalue weighted by atomic mass is 10.0. The van der Waals surface area contributed by atoms with Gasteiger partial charge in [0.15, 0.2) is 11.4 Å². The number of nitrogens with zero attached hydrogens (tertiary/aromatic N) is 3. The van der Waals surface area contributed by atoms with Crippen molar-refractivity contribution in [3.63, 3.8) is 0 Å². The molecule has 1 aliphatic heterocycles. The van der Waals surface area contributed by atoms with Gasteiger partial charge in [0, 0.05) is 18.9 Å². The Morgan fingerprint density at radius 3 is 2.75 bits per heavy atom. The lowest BCUT2D eigenvalue weighted by molar-refractivity contribution is 0.0194. The van der Waals surface area contributed by atoms with Crippen LogP contribution in [0.5, 0.6) is 0 Å². The van der Waals surface area contributed by atoms with Crippen LogP contribution in [-0.4, -0.2) is 41.1 Å². The smallest absolute Gasteiger partial charge is 0.260 e. The van der Waals surface area contributed by atoms with Crippen molar-refractivity contribution in [1.29, 1.82) is 0 Å². The molecule has 0 spiro atoms. The maximum atomic E-state index is 12.6. The normalized spacial score (nSPS) is 25.2. The Balaban J connectivity index is 1.50. The number of sulfonamides is 1. The Kier molecular flexibility index (Phi) is 3.70. The zero-order valence-corrected chi connectivity index (χ0v) is 13.9. The first kappa shape index (κ1) is 15.7. The molecule has 2 heterocycles. The first-order valence-corrected chi connectivity index (χ1v) is 9.65. The minimum absolute atomic E-state index is 0.0472. The number of hydrogen-bond acceptors (Lipinski definition) is 6. The van der Waals surface area contributed by atoms with Gasteiger partial charge in [0.2, 0.25) is 10.0 Å². The van der Waals surface area contributed by atoms with Crippen molar-refractivity contribution in [2.24, 2.45) is 0 Å². The monoisotopic (exact) mass is 349 g/mol. The zero-order valence-electron chi connectivity index (χ0n) is 13.1. The molecule has 1 aromatic carbocycles. The Bertz CT molecular complexity index is 832. The van der Waals surface area contributed by atoms with Crippen molar-refractivity contribution in [1.82, 2.24) is 14.4 Å². The van der Waals surface area contributed by atoms with Gasteiger partial charge in [0.05, 0.1) is 12.3 Å². The van der Waals surface area contributed by atoms with Gasteiger partial charge in [0.25, 0.3) is 5.89 Å². The molecule has 1 atom stereocenters. The van der Waals surface area contributed by atoms with Crippen LogP contribution in [0.2, 0.25) is 0 Å². The average molecular weight is 349 g/mol. The molecule has 1 unspecified atom stereocenters. The number of hydrogen-bond donors (Lipinski definition) is 1. The van der Waals surface area contributed by atoms with Crippen molar-refractivity contribution >= 4 is 10.0 Å². The second kappa shape index (κ2) is 5.65. The van der Waals surface area contributed by atoms with Crippen molar-refractivity contribution in [2.75, 3.05) is 13.1 Å². The average Bonchev–Trinajstić information content (AvgIpc) is 3.12. The first-order chi connectivity index (χ1) is 11.5. The van der Waals surface area contributed by atoms with Crippen LogP contribution in [0, 0.1) is 0 Å². The summed E-state index contributed by atoms with van der Waals surface area (Å²) in [6.07, 6.45) is 2.33. The van der Waals surface area contributed by atoms with Crippen molar-refractivity contribution < 1.29 is 18.0 Å². The fourth-order valence-electron chi connectivity index (χ4n) is 2.98. The van der Waals surface area contributed by atoms with Gasteiger partial charge in [-0.15, -0.1) is 0 Å². The fourth-order valence-corrected chi connectivity index (χ4v) is 4.55. The summed E-state index contributed by atoms with van der Waals surface area (Å²) in [4.78, 5) is 4.28. The summed E-state index contributed by atoms with van der Waals surface area (Å²) in [7, 11) is -3.51. The van der Waals surface area contributed by atoms with Crippen molar-refractivity contribution in [3.8, 4) is 0 Å². The molecule has 7 nitrogen and oxygen atoms in total. The van der Waals surface area contributed by atoms with Crippen LogP contribution >= 0.6 is 0 Å². The standard InChI is InChI=1S/C16H19N3O4S/c20-16(15-17-14(18-23-15)13-6-7-13)8-9-19(11-16)24(21,22)10-12-4-2-1-3-5-12/h1-5,13,20H,6-11H2. The SMILES string of the molecule is O=S(=O)(Cc1ccccc1)N1CCC(O)(c2nc(C3CC3)no2)C1. The molecule has 0 amide bonds. The molecule has 8 heteroatoms. The Hall–Kier alpha value is -1.77. The van der Waals surface area contributed by atoms with Gasteiger partial charge in [-0.1, -0.05) is 35.5 Å². The van der Waals surface area contributed by atoms with E-state index in [4.69, 9.17) is 4.52 Å². The molecule has 1 saturated heterocycles. The molecule has 24 heavy (non-hydrogen) atoms. The summed E-state index contributed by atoms with van der Waals surface area (Å²) in [5.41, 5.74) is -0.675. The first-order valence-electron chi connectivity index (χ1n) is 8.04. The quantitative estimate of drug-likeness (QED) is 0.876. The van der Waals surface area contributed by atoms with E-state index >= 15 is 0 Å². The molecule has 1 saturated carbocycles. The highest BCUT2D eigenvalue weighted by molar-refractivity contribution is 7.88. The number of benzene rings is 1.